The molecule has 0 amide bonds. The monoisotopic (exact) mass is 881 g/mol. The molecule has 1 unspecified atom stereocenters. The third-order valence-electron chi connectivity index (χ3n) is 13.5. The van der Waals surface area contributed by atoms with Gasteiger partial charge >= 0.3 is 0 Å². The summed E-state index contributed by atoms with van der Waals surface area (Å²) in [5, 5.41) is 9.34. The zero-order chi connectivity index (χ0) is 45.7. The summed E-state index contributed by atoms with van der Waals surface area (Å²) in [5.74, 6) is 0.822. The lowest BCUT2D eigenvalue weighted by Crippen LogP contribution is -2.31. The van der Waals surface area contributed by atoms with Crippen molar-refractivity contribution in [1.82, 2.24) is 10.3 Å². The molecule has 4 heteroatoms. The Labute approximate surface area is 400 Å². The molecule has 1 aliphatic rings. The van der Waals surface area contributed by atoms with Crippen LogP contribution < -0.4 is 5.32 Å². The van der Waals surface area contributed by atoms with Gasteiger partial charge in [-0.2, -0.15) is 0 Å². The SMILES string of the molecule is C1=C(c2ccc(-c3ccccc3)cc2)N=C(c2cccc(-c3cccc(-c4c5c(cc6c(-c7ccccc7)nc7ccccc7c46)oc4ccccc45)c3)c2)NC1c1ccc(-c2ccccc2)cc1. The van der Waals surface area contributed by atoms with Crippen molar-refractivity contribution in [2.24, 2.45) is 4.99 Å². The highest BCUT2D eigenvalue weighted by molar-refractivity contribution is 6.28. The molecule has 0 aliphatic carbocycles. The van der Waals surface area contributed by atoms with E-state index in [2.05, 4.69) is 248 Å². The molecule has 0 saturated carbocycles. The van der Waals surface area contributed by atoms with Crippen LogP contribution in [0.15, 0.2) is 258 Å². The molecular formula is C65H43N3O. The second-order valence-electron chi connectivity index (χ2n) is 17.7. The Morgan fingerprint density at radius 3 is 1.58 bits per heavy atom. The first kappa shape index (κ1) is 40.2. The van der Waals surface area contributed by atoms with E-state index in [1.54, 1.807) is 0 Å². The second-order valence-corrected chi connectivity index (χ2v) is 17.7. The first-order valence-corrected chi connectivity index (χ1v) is 23.5. The number of benzene rings is 10. The van der Waals surface area contributed by atoms with Crippen LogP contribution >= 0.6 is 0 Å². The van der Waals surface area contributed by atoms with Crippen LogP contribution in [-0.4, -0.2) is 10.8 Å². The second kappa shape index (κ2) is 16.9. The summed E-state index contributed by atoms with van der Waals surface area (Å²) < 4.78 is 6.70. The number of para-hydroxylation sites is 2. The number of aromatic nitrogens is 1. The zero-order valence-electron chi connectivity index (χ0n) is 37.6. The van der Waals surface area contributed by atoms with Gasteiger partial charge in [-0.05, 0) is 86.5 Å². The molecule has 2 aromatic heterocycles. The van der Waals surface area contributed by atoms with Crippen molar-refractivity contribution in [2.45, 2.75) is 6.04 Å². The highest BCUT2D eigenvalue weighted by atomic mass is 16.3. The molecule has 0 saturated heterocycles. The molecule has 1 aliphatic heterocycles. The lowest BCUT2D eigenvalue weighted by Gasteiger charge is -2.25. The van der Waals surface area contributed by atoms with Gasteiger partial charge in [-0.15, -0.1) is 0 Å². The first-order valence-electron chi connectivity index (χ1n) is 23.5. The quantitative estimate of drug-likeness (QED) is 0.155. The van der Waals surface area contributed by atoms with Gasteiger partial charge in [0.1, 0.15) is 17.0 Å². The Bertz CT molecular complexity index is 3950. The van der Waals surface area contributed by atoms with Gasteiger partial charge in [-0.3, -0.25) is 0 Å². The van der Waals surface area contributed by atoms with Crippen LogP contribution in [0, 0.1) is 0 Å². The average Bonchev–Trinajstić information content (AvgIpc) is 3.81. The molecule has 1 N–H and O–H groups in total. The fraction of sp³-hybridized carbons (Fsp3) is 0.0154. The van der Waals surface area contributed by atoms with Crippen molar-refractivity contribution in [3.8, 4) is 55.8 Å². The summed E-state index contributed by atoms with van der Waals surface area (Å²) >= 11 is 0. The van der Waals surface area contributed by atoms with E-state index in [4.69, 9.17) is 14.4 Å². The van der Waals surface area contributed by atoms with Crippen molar-refractivity contribution in [1.29, 1.82) is 0 Å². The summed E-state index contributed by atoms with van der Waals surface area (Å²) in [6.07, 6.45) is 2.25. The van der Waals surface area contributed by atoms with Crippen LogP contribution in [0.3, 0.4) is 0 Å². The Morgan fingerprint density at radius 2 is 0.884 bits per heavy atom. The topological polar surface area (TPSA) is 50.4 Å². The summed E-state index contributed by atoms with van der Waals surface area (Å²) in [5.41, 5.74) is 18.0. The van der Waals surface area contributed by atoms with Gasteiger partial charge < -0.3 is 9.73 Å². The molecule has 10 aromatic carbocycles. The van der Waals surface area contributed by atoms with Crippen molar-refractivity contribution in [3.63, 3.8) is 0 Å². The zero-order valence-corrected chi connectivity index (χ0v) is 37.6. The Kier molecular flexibility index (Phi) is 9.87. The van der Waals surface area contributed by atoms with E-state index in [1.165, 1.54) is 22.3 Å². The van der Waals surface area contributed by atoms with E-state index in [-0.39, 0.29) is 6.04 Å². The third kappa shape index (κ3) is 7.36. The fourth-order valence-electron chi connectivity index (χ4n) is 10.1. The maximum absolute atomic E-state index is 6.70. The Morgan fingerprint density at radius 1 is 0.362 bits per heavy atom. The van der Waals surface area contributed by atoms with Crippen molar-refractivity contribution < 1.29 is 4.42 Å². The van der Waals surface area contributed by atoms with E-state index in [1.807, 2.05) is 6.07 Å². The van der Waals surface area contributed by atoms with Gasteiger partial charge in [0.15, 0.2) is 0 Å². The number of fused-ring (bicyclic) bond motifs is 6. The van der Waals surface area contributed by atoms with E-state index in [0.717, 1.165) is 105 Å². The number of aliphatic imine (C=N–C) groups is 1. The Hall–Kier alpha value is -9.12. The van der Waals surface area contributed by atoms with Gasteiger partial charge in [0.2, 0.25) is 0 Å². The van der Waals surface area contributed by atoms with Crippen LogP contribution in [0.2, 0.25) is 0 Å². The highest BCUT2D eigenvalue weighted by Gasteiger charge is 2.23. The van der Waals surface area contributed by atoms with Crippen LogP contribution in [0.1, 0.15) is 22.7 Å². The minimum atomic E-state index is -0.109. The summed E-state index contributed by atoms with van der Waals surface area (Å²) in [7, 11) is 0. The molecule has 3 heterocycles. The maximum atomic E-state index is 6.70. The lowest BCUT2D eigenvalue weighted by molar-refractivity contribution is 0.669. The number of hydrogen-bond acceptors (Lipinski definition) is 4. The molecular weight excluding hydrogens is 839 g/mol. The molecule has 69 heavy (non-hydrogen) atoms. The maximum Gasteiger partial charge on any atom is 0.136 e. The smallest absolute Gasteiger partial charge is 0.136 e. The molecule has 13 rings (SSSR count). The van der Waals surface area contributed by atoms with Crippen LogP contribution in [0.4, 0.5) is 0 Å². The fourth-order valence-corrected chi connectivity index (χ4v) is 10.1. The largest absolute Gasteiger partial charge is 0.456 e. The van der Waals surface area contributed by atoms with Gasteiger partial charge in [0.25, 0.3) is 0 Å². The van der Waals surface area contributed by atoms with Crippen molar-refractivity contribution in [3.05, 3.63) is 265 Å². The predicted molar refractivity (Wildman–Crippen MR) is 287 cm³/mol. The molecule has 0 spiro atoms. The van der Waals surface area contributed by atoms with E-state index in [0.29, 0.717) is 0 Å². The predicted octanol–water partition coefficient (Wildman–Crippen LogP) is 16.8. The molecule has 0 radical (unpaired) electrons. The van der Waals surface area contributed by atoms with Crippen molar-refractivity contribution in [2.75, 3.05) is 0 Å². The first-order chi connectivity index (χ1) is 34.2. The summed E-state index contributed by atoms with van der Waals surface area (Å²) in [4.78, 5) is 10.7. The number of rotatable bonds is 8. The number of pyridine rings is 1. The molecule has 0 bridgehead atoms. The van der Waals surface area contributed by atoms with Gasteiger partial charge in [-0.25, -0.2) is 9.98 Å². The van der Waals surface area contributed by atoms with Crippen LogP contribution in [0.5, 0.6) is 0 Å². The van der Waals surface area contributed by atoms with Gasteiger partial charge in [0, 0.05) is 43.6 Å². The molecule has 1 atom stereocenters. The third-order valence-corrected chi connectivity index (χ3v) is 13.5. The lowest BCUT2D eigenvalue weighted by atomic mass is 9.88. The van der Waals surface area contributed by atoms with Gasteiger partial charge in [0.05, 0.1) is 22.9 Å². The van der Waals surface area contributed by atoms with Gasteiger partial charge in [-0.1, -0.05) is 212 Å². The summed E-state index contributed by atoms with van der Waals surface area (Å²) in [6, 6.07) is 85.9. The minimum Gasteiger partial charge on any atom is -0.456 e. The normalized spacial score (nSPS) is 13.7. The van der Waals surface area contributed by atoms with E-state index < -0.39 is 0 Å². The van der Waals surface area contributed by atoms with E-state index >= 15 is 0 Å². The number of nitrogens with zero attached hydrogens (tertiary/aromatic N) is 2. The van der Waals surface area contributed by atoms with Crippen LogP contribution in [-0.2, 0) is 0 Å². The van der Waals surface area contributed by atoms with E-state index in [9.17, 15) is 0 Å². The molecule has 324 valence electrons. The standard InChI is InChI=1S/C65H43N3O/c1-4-16-42(17-5-1)44-30-34-46(35-31-44)57-41-58(47-36-32-45(33-37-47)43-18-6-2-7-19-43)68-65(67-57)52-25-15-23-50(39-52)49-22-14-24-51(38-49)61-62-53-26-10-12-28-56(53)66-64(48-20-8-3-9-21-48)55(62)40-60-63(61)54-27-11-13-29-59(54)69-60/h1-41,57H,(H,67,68). The molecule has 4 nitrogen and oxygen atoms in total. The van der Waals surface area contributed by atoms with Crippen LogP contribution in [0.25, 0.3) is 105 Å². The van der Waals surface area contributed by atoms with Crippen molar-refractivity contribution >= 4 is 55.1 Å². The molecule has 0 fully saturated rings. The number of furan rings is 1. The summed E-state index contributed by atoms with van der Waals surface area (Å²) in [6.45, 7) is 0. The number of hydrogen-bond donors (Lipinski definition) is 1. The minimum absolute atomic E-state index is 0.109. The molecule has 12 aromatic rings. The Balaban J connectivity index is 0.938. The number of nitrogens with one attached hydrogen (secondary N) is 1. The average molecular weight is 882 g/mol. The number of amidine groups is 1. The highest BCUT2D eigenvalue weighted by Crippen LogP contribution is 2.47.